The molecule has 0 radical (unpaired) electrons. The number of benzene rings is 7. The van der Waals surface area contributed by atoms with Gasteiger partial charge in [0.1, 0.15) is 11.2 Å². The Morgan fingerprint density at radius 3 is 1.91 bits per heavy atom. The van der Waals surface area contributed by atoms with Gasteiger partial charge in [0.15, 0.2) is 0 Å². The van der Waals surface area contributed by atoms with Crippen LogP contribution in [0.15, 0.2) is 174 Å². The Kier molecular flexibility index (Phi) is 6.84. The SMILES string of the molecule is c1ccc(CC(c2ccccc2)c2ccc3oc4cc(N(c5ccccc5)c5ccc6c(c5)sc5ccccc56)ccc4c3c2)cc1. The van der Waals surface area contributed by atoms with E-state index in [9.17, 15) is 0 Å². The Morgan fingerprint density at radius 2 is 1.11 bits per heavy atom. The third kappa shape index (κ3) is 5.06. The minimum Gasteiger partial charge on any atom is -0.456 e. The quantitative estimate of drug-likeness (QED) is 0.176. The highest BCUT2D eigenvalue weighted by molar-refractivity contribution is 7.25. The summed E-state index contributed by atoms with van der Waals surface area (Å²) in [5.74, 6) is 0.240. The second kappa shape index (κ2) is 11.6. The first-order chi connectivity index (χ1) is 23.3. The lowest BCUT2D eigenvalue weighted by atomic mass is 9.85. The van der Waals surface area contributed by atoms with Crippen LogP contribution in [0.5, 0.6) is 0 Å². The number of rotatable bonds is 7. The Hall–Kier alpha value is -5.64. The van der Waals surface area contributed by atoms with Gasteiger partial charge in [-0.05, 0) is 77.7 Å². The number of nitrogens with zero attached hydrogens (tertiary/aromatic N) is 1. The smallest absolute Gasteiger partial charge is 0.137 e. The number of para-hydroxylation sites is 1. The van der Waals surface area contributed by atoms with Crippen molar-refractivity contribution in [1.82, 2.24) is 0 Å². The highest BCUT2D eigenvalue weighted by Crippen LogP contribution is 2.42. The molecule has 0 aliphatic carbocycles. The monoisotopic (exact) mass is 621 g/mol. The summed E-state index contributed by atoms with van der Waals surface area (Å²) >= 11 is 1.85. The van der Waals surface area contributed by atoms with E-state index in [2.05, 4.69) is 175 Å². The van der Waals surface area contributed by atoms with Crippen LogP contribution in [0, 0.1) is 0 Å². The fourth-order valence-electron chi connectivity index (χ4n) is 6.98. The van der Waals surface area contributed by atoms with Crippen molar-refractivity contribution in [2.45, 2.75) is 12.3 Å². The van der Waals surface area contributed by atoms with Crippen LogP contribution in [0.4, 0.5) is 17.1 Å². The summed E-state index contributed by atoms with van der Waals surface area (Å²) in [5, 5.41) is 4.89. The molecule has 47 heavy (non-hydrogen) atoms. The van der Waals surface area contributed by atoms with E-state index in [1.807, 2.05) is 11.3 Å². The van der Waals surface area contributed by atoms with Crippen LogP contribution in [0.3, 0.4) is 0 Å². The van der Waals surface area contributed by atoms with Crippen LogP contribution in [-0.4, -0.2) is 0 Å². The molecule has 0 N–H and O–H groups in total. The number of hydrogen-bond acceptors (Lipinski definition) is 3. The van der Waals surface area contributed by atoms with Crippen molar-refractivity contribution in [2.24, 2.45) is 0 Å². The zero-order chi connectivity index (χ0) is 31.2. The number of anilines is 3. The highest BCUT2D eigenvalue weighted by Gasteiger charge is 2.19. The summed E-state index contributed by atoms with van der Waals surface area (Å²) in [6, 6.07) is 61.1. The maximum absolute atomic E-state index is 6.56. The Bertz CT molecular complexity index is 2500. The lowest BCUT2D eigenvalue weighted by molar-refractivity contribution is 0.668. The molecule has 2 nitrogen and oxygen atoms in total. The zero-order valence-electron chi connectivity index (χ0n) is 25.7. The molecule has 9 aromatic rings. The van der Waals surface area contributed by atoms with Crippen molar-refractivity contribution in [1.29, 1.82) is 0 Å². The molecule has 3 heteroatoms. The molecule has 0 fully saturated rings. The summed E-state index contributed by atoms with van der Waals surface area (Å²) in [4.78, 5) is 2.33. The molecule has 1 unspecified atom stereocenters. The van der Waals surface area contributed by atoms with E-state index < -0.39 is 0 Å². The van der Waals surface area contributed by atoms with Gasteiger partial charge < -0.3 is 9.32 Å². The number of fused-ring (bicyclic) bond motifs is 6. The third-order valence-corrected chi connectivity index (χ3v) is 10.4. The van der Waals surface area contributed by atoms with Crippen molar-refractivity contribution < 1.29 is 4.42 Å². The van der Waals surface area contributed by atoms with E-state index in [1.165, 1.54) is 36.9 Å². The van der Waals surface area contributed by atoms with Gasteiger partial charge in [-0.15, -0.1) is 11.3 Å². The van der Waals surface area contributed by atoms with Crippen LogP contribution in [-0.2, 0) is 6.42 Å². The first-order valence-corrected chi connectivity index (χ1v) is 16.9. The molecule has 224 valence electrons. The molecule has 0 saturated heterocycles. The summed E-state index contributed by atoms with van der Waals surface area (Å²) in [6.07, 6.45) is 0.937. The van der Waals surface area contributed by atoms with Crippen molar-refractivity contribution in [3.05, 3.63) is 187 Å². The fourth-order valence-corrected chi connectivity index (χ4v) is 8.12. The molecule has 0 aliphatic heterocycles. The average Bonchev–Trinajstić information content (AvgIpc) is 3.69. The standard InChI is InChI=1S/C44H31NOS/c1-4-12-30(13-5-1)26-39(31-14-6-2-7-15-31)32-20-25-41-40(27-32)36-23-21-34(28-42(36)46-41)45(33-16-8-3-9-17-33)35-22-24-38-37-18-10-11-19-43(37)47-44(38)29-35/h1-25,27-29,39H,26H2. The van der Waals surface area contributed by atoms with E-state index >= 15 is 0 Å². The zero-order valence-corrected chi connectivity index (χ0v) is 26.5. The van der Waals surface area contributed by atoms with Crippen molar-refractivity contribution in [3.8, 4) is 0 Å². The van der Waals surface area contributed by atoms with Crippen LogP contribution < -0.4 is 4.90 Å². The Balaban J connectivity index is 1.15. The Labute approximate surface area is 277 Å². The van der Waals surface area contributed by atoms with Crippen molar-refractivity contribution in [3.63, 3.8) is 0 Å². The van der Waals surface area contributed by atoms with E-state index in [4.69, 9.17) is 4.42 Å². The first kappa shape index (κ1) is 27.7. The first-order valence-electron chi connectivity index (χ1n) is 16.1. The van der Waals surface area contributed by atoms with Gasteiger partial charge >= 0.3 is 0 Å². The fraction of sp³-hybridized carbons (Fsp3) is 0.0455. The van der Waals surface area contributed by atoms with Crippen LogP contribution in [0.1, 0.15) is 22.6 Å². The van der Waals surface area contributed by atoms with Crippen molar-refractivity contribution in [2.75, 3.05) is 4.90 Å². The molecule has 9 rings (SSSR count). The van der Waals surface area contributed by atoms with E-state index in [-0.39, 0.29) is 5.92 Å². The van der Waals surface area contributed by atoms with Gasteiger partial charge in [-0.25, -0.2) is 0 Å². The summed E-state index contributed by atoms with van der Waals surface area (Å²) in [7, 11) is 0. The maximum Gasteiger partial charge on any atom is 0.137 e. The van der Waals surface area contributed by atoms with E-state index in [1.54, 1.807) is 0 Å². The molecule has 1 atom stereocenters. The van der Waals surface area contributed by atoms with Gasteiger partial charge in [-0.3, -0.25) is 0 Å². The molecule has 7 aromatic carbocycles. The molecule has 0 bridgehead atoms. The van der Waals surface area contributed by atoms with E-state index in [0.29, 0.717) is 0 Å². The summed E-state index contributed by atoms with van der Waals surface area (Å²) in [6.45, 7) is 0. The minimum atomic E-state index is 0.240. The molecule has 2 aromatic heterocycles. The second-order valence-corrected chi connectivity index (χ2v) is 13.2. The van der Waals surface area contributed by atoms with Crippen LogP contribution in [0.25, 0.3) is 42.1 Å². The lowest BCUT2D eigenvalue weighted by Crippen LogP contribution is -2.09. The van der Waals surface area contributed by atoms with Gasteiger partial charge in [0.25, 0.3) is 0 Å². The topological polar surface area (TPSA) is 16.4 Å². The molecule has 0 amide bonds. The molecule has 0 aliphatic rings. The highest BCUT2D eigenvalue weighted by atomic mass is 32.1. The lowest BCUT2D eigenvalue weighted by Gasteiger charge is -2.25. The normalized spacial score (nSPS) is 12.3. The number of furan rings is 1. The van der Waals surface area contributed by atoms with Crippen LogP contribution in [0.2, 0.25) is 0 Å². The molecule has 0 spiro atoms. The molecular weight excluding hydrogens is 591 g/mol. The largest absolute Gasteiger partial charge is 0.456 e. The minimum absolute atomic E-state index is 0.240. The summed E-state index contributed by atoms with van der Waals surface area (Å²) < 4.78 is 9.15. The predicted molar refractivity (Wildman–Crippen MR) is 200 cm³/mol. The van der Waals surface area contributed by atoms with Gasteiger partial charge in [0.2, 0.25) is 0 Å². The summed E-state index contributed by atoms with van der Waals surface area (Å²) in [5.41, 5.74) is 9.04. The number of hydrogen-bond donors (Lipinski definition) is 0. The molecular formula is C44H31NOS. The van der Waals surface area contributed by atoms with Gasteiger partial charge in [0, 0.05) is 60.0 Å². The van der Waals surface area contributed by atoms with Crippen molar-refractivity contribution >= 4 is 70.5 Å². The number of thiophene rings is 1. The van der Waals surface area contributed by atoms with Crippen LogP contribution >= 0.6 is 11.3 Å². The third-order valence-electron chi connectivity index (χ3n) is 9.26. The molecule has 2 heterocycles. The maximum atomic E-state index is 6.56. The van der Waals surface area contributed by atoms with E-state index in [0.717, 1.165) is 45.4 Å². The van der Waals surface area contributed by atoms with Gasteiger partial charge in [-0.1, -0.05) is 109 Å². The van der Waals surface area contributed by atoms with Gasteiger partial charge in [-0.2, -0.15) is 0 Å². The second-order valence-electron chi connectivity index (χ2n) is 12.1. The predicted octanol–water partition coefficient (Wildman–Crippen LogP) is 12.8. The Morgan fingerprint density at radius 1 is 0.447 bits per heavy atom. The van der Waals surface area contributed by atoms with Gasteiger partial charge in [0.05, 0.1) is 0 Å². The molecule has 0 saturated carbocycles. The average molecular weight is 622 g/mol.